The summed E-state index contributed by atoms with van der Waals surface area (Å²) in [6.45, 7) is 16.9. The Morgan fingerprint density at radius 3 is 1.55 bits per heavy atom. The number of unbranched alkanes of at least 4 members (excludes halogenated alkanes) is 24. The van der Waals surface area contributed by atoms with Crippen LogP contribution in [-0.2, 0) is 14.3 Å². The van der Waals surface area contributed by atoms with E-state index in [-0.39, 0.29) is 17.3 Å². The number of piperidine rings is 1. The van der Waals surface area contributed by atoms with Crippen LogP contribution in [0, 0.1) is 0 Å². The first kappa shape index (κ1) is 54.8. The maximum absolute atomic E-state index is 13.4. The third kappa shape index (κ3) is 35.5. The molecule has 6 nitrogen and oxygen atoms in total. The van der Waals surface area contributed by atoms with Gasteiger partial charge in [-0.3, -0.25) is 9.59 Å². The Labute approximate surface area is 365 Å². The van der Waals surface area contributed by atoms with Gasteiger partial charge in [0, 0.05) is 38.2 Å². The molecule has 1 aliphatic heterocycles. The van der Waals surface area contributed by atoms with Crippen LogP contribution in [0.4, 0.5) is 4.79 Å². The molecule has 342 valence electrons. The Bertz CT molecular complexity index is 910. The summed E-state index contributed by atoms with van der Waals surface area (Å²) in [5, 5.41) is 0.269. The summed E-state index contributed by atoms with van der Waals surface area (Å²) in [6.07, 6.45) is 43.2. The van der Waals surface area contributed by atoms with Gasteiger partial charge in [-0.15, -0.1) is 0 Å². The molecule has 0 radical (unpaired) electrons. The van der Waals surface area contributed by atoms with Crippen molar-refractivity contribution in [1.82, 2.24) is 9.80 Å². The fourth-order valence-corrected chi connectivity index (χ4v) is 9.14. The molecular formula is C51H98N2O4S. The molecular weight excluding hydrogens is 737 g/mol. The highest BCUT2D eigenvalue weighted by atomic mass is 32.2. The van der Waals surface area contributed by atoms with E-state index in [0.717, 1.165) is 108 Å². The molecule has 0 atom stereocenters. The number of carbonyl (C=O) groups excluding carboxylic acids is 2. The van der Waals surface area contributed by atoms with Gasteiger partial charge in [-0.1, -0.05) is 187 Å². The van der Waals surface area contributed by atoms with Gasteiger partial charge in [0.25, 0.3) is 5.24 Å². The molecule has 0 aromatic carbocycles. The molecule has 1 aliphatic rings. The SMILES string of the molecule is C=C(CCCCCCCN(CCCCCCCC(=O)OC(CCCCCCCC)CCCCCCCC)C(=O)SCCN1CCCCC1)OCCCCCCCCC. The summed E-state index contributed by atoms with van der Waals surface area (Å²) in [6, 6.07) is 0. The molecule has 1 fully saturated rings. The van der Waals surface area contributed by atoms with Crippen molar-refractivity contribution in [2.24, 2.45) is 0 Å². The lowest BCUT2D eigenvalue weighted by Crippen LogP contribution is -2.33. The Morgan fingerprint density at radius 1 is 0.569 bits per heavy atom. The third-order valence-corrected chi connectivity index (χ3v) is 13.0. The molecule has 0 aromatic heterocycles. The minimum absolute atomic E-state index is 0.0115. The fraction of sp³-hybridized carbons (Fsp3) is 0.922. The van der Waals surface area contributed by atoms with E-state index in [9.17, 15) is 9.59 Å². The first-order valence-electron chi connectivity index (χ1n) is 25.6. The van der Waals surface area contributed by atoms with E-state index < -0.39 is 0 Å². The molecule has 0 aromatic rings. The molecule has 1 rings (SSSR count). The zero-order chi connectivity index (χ0) is 42.0. The van der Waals surface area contributed by atoms with Gasteiger partial charge in [-0.25, -0.2) is 0 Å². The van der Waals surface area contributed by atoms with Crippen LogP contribution in [0.3, 0.4) is 0 Å². The summed E-state index contributed by atoms with van der Waals surface area (Å²) in [5.74, 6) is 1.86. The lowest BCUT2D eigenvalue weighted by Gasteiger charge is -2.27. The highest BCUT2D eigenvalue weighted by Crippen LogP contribution is 2.20. The van der Waals surface area contributed by atoms with Crippen molar-refractivity contribution in [3.05, 3.63) is 12.3 Å². The van der Waals surface area contributed by atoms with E-state index in [4.69, 9.17) is 9.47 Å². The first-order valence-corrected chi connectivity index (χ1v) is 26.6. The summed E-state index contributed by atoms with van der Waals surface area (Å²) in [4.78, 5) is 30.9. The number of ether oxygens (including phenoxy) is 2. The lowest BCUT2D eigenvalue weighted by molar-refractivity contribution is -0.150. The Kier molecular flexibility index (Phi) is 40.1. The molecule has 7 heteroatoms. The third-order valence-electron chi connectivity index (χ3n) is 12.1. The first-order chi connectivity index (χ1) is 28.5. The van der Waals surface area contributed by atoms with Crippen molar-refractivity contribution in [3.63, 3.8) is 0 Å². The monoisotopic (exact) mass is 835 g/mol. The number of hydrogen-bond donors (Lipinski definition) is 0. The van der Waals surface area contributed by atoms with Crippen LogP contribution in [-0.4, -0.2) is 72.2 Å². The highest BCUT2D eigenvalue weighted by molar-refractivity contribution is 8.13. The van der Waals surface area contributed by atoms with Crippen LogP contribution in [0.5, 0.6) is 0 Å². The van der Waals surface area contributed by atoms with E-state index in [1.807, 2.05) is 0 Å². The van der Waals surface area contributed by atoms with Crippen LogP contribution in [0.15, 0.2) is 12.3 Å². The second-order valence-electron chi connectivity index (χ2n) is 17.8. The number of likely N-dealkylation sites (tertiary alicyclic amines) is 1. The molecule has 0 saturated carbocycles. The molecule has 1 amide bonds. The zero-order valence-corrected chi connectivity index (χ0v) is 39.9. The summed E-state index contributed by atoms with van der Waals surface area (Å²) < 4.78 is 12.0. The summed E-state index contributed by atoms with van der Waals surface area (Å²) >= 11 is 1.53. The number of hydrogen-bond acceptors (Lipinski definition) is 6. The second-order valence-corrected chi connectivity index (χ2v) is 18.8. The standard InChI is InChI=1S/C51H98N2O4S/c1-5-8-11-14-17-26-36-46-56-48(4)37-28-20-18-24-34-43-53(51(55)58-47-45-52-41-32-27-33-42-52)44-35-25-19-23-31-40-50(54)57-49(38-29-21-15-12-9-6-2)39-30-22-16-13-10-7-3/h49H,4-47H2,1-3H3. The normalized spacial score (nSPS) is 13.3. The van der Waals surface area contributed by atoms with Gasteiger partial charge in [0.1, 0.15) is 6.10 Å². The average molecular weight is 835 g/mol. The van der Waals surface area contributed by atoms with Crippen molar-refractivity contribution in [1.29, 1.82) is 0 Å². The Morgan fingerprint density at radius 2 is 1.02 bits per heavy atom. The van der Waals surface area contributed by atoms with Gasteiger partial charge in [0.05, 0.1) is 12.4 Å². The number of carbonyl (C=O) groups is 2. The Balaban J connectivity index is 2.34. The number of amides is 1. The van der Waals surface area contributed by atoms with Gasteiger partial charge < -0.3 is 19.3 Å². The summed E-state index contributed by atoms with van der Waals surface area (Å²) in [5.41, 5.74) is 0. The van der Waals surface area contributed by atoms with E-state index in [1.165, 1.54) is 179 Å². The average Bonchev–Trinajstić information content (AvgIpc) is 3.22. The van der Waals surface area contributed by atoms with Crippen molar-refractivity contribution in [2.75, 3.05) is 45.1 Å². The number of allylic oxidation sites excluding steroid dienone is 1. The molecule has 0 spiro atoms. The quantitative estimate of drug-likeness (QED) is 0.0346. The van der Waals surface area contributed by atoms with E-state index >= 15 is 0 Å². The molecule has 0 N–H and O–H groups in total. The maximum atomic E-state index is 13.4. The van der Waals surface area contributed by atoms with Crippen molar-refractivity contribution in [2.45, 2.75) is 258 Å². The zero-order valence-electron chi connectivity index (χ0n) is 39.1. The van der Waals surface area contributed by atoms with Gasteiger partial charge in [-0.2, -0.15) is 0 Å². The smallest absolute Gasteiger partial charge is 0.306 e. The van der Waals surface area contributed by atoms with Crippen LogP contribution < -0.4 is 0 Å². The van der Waals surface area contributed by atoms with Crippen LogP contribution in [0.25, 0.3) is 0 Å². The Hall–Kier alpha value is -1.21. The second kappa shape index (κ2) is 42.5. The van der Waals surface area contributed by atoms with E-state index in [2.05, 4.69) is 37.1 Å². The topological polar surface area (TPSA) is 59.1 Å². The highest BCUT2D eigenvalue weighted by Gasteiger charge is 2.17. The van der Waals surface area contributed by atoms with E-state index in [0.29, 0.717) is 6.42 Å². The molecule has 0 bridgehead atoms. The van der Waals surface area contributed by atoms with Crippen molar-refractivity contribution < 1.29 is 19.1 Å². The minimum atomic E-state index is 0.0115. The number of thioether (sulfide) groups is 1. The van der Waals surface area contributed by atoms with Gasteiger partial charge in [0.15, 0.2) is 0 Å². The van der Waals surface area contributed by atoms with Crippen LogP contribution >= 0.6 is 11.8 Å². The van der Waals surface area contributed by atoms with Gasteiger partial charge in [0.2, 0.25) is 0 Å². The number of esters is 1. The molecule has 0 unspecified atom stereocenters. The molecule has 58 heavy (non-hydrogen) atoms. The van der Waals surface area contributed by atoms with Crippen molar-refractivity contribution >= 4 is 23.0 Å². The van der Waals surface area contributed by atoms with Gasteiger partial charge in [-0.05, 0) is 83.7 Å². The minimum Gasteiger partial charge on any atom is -0.499 e. The molecule has 0 aliphatic carbocycles. The number of nitrogens with zero attached hydrogens (tertiary/aromatic N) is 2. The molecule has 1 saturated heterocycles. The van der Waals surface area contributed by atoms with Crippen molar-refractivity contribution in [3.8, 4) is 0 Å². The number of rotatable bonds is 43. The van der Waals surface area contributed by atoms with E-state index in [1.54, 1.807) is 0 Å². The fourth-order valence-electron chi connectivity index (χ4n) is 8.25. The maximum Gasteiger partial charge on any atom is 0.306 e. The van der Waals surface area contributed by atoms with Gasteiger partial charge >= 0.3 is 5.97 Å². The molecule has 1 heterocycles. The predicted molar refractivity (Wildman–Crippen MR) is 254 cm³/mol. The summed E-state index contributed by atoms with van der Waals surface area (Å²) in [7, 11) is 0. The lowest BCUT2D eigenvalue weighted by atomic mass is 10.0. The largest absolute Gasteiger partial charge is 0.499 e. The van der Waals surface area contributed by atoms with Crippen LogP contribution in [0.2, 0.25) is 0 Å². The van der Waals surface area contributed by atoms with Crippen LogP contribution in [0.1, 0.15) is 252 Å². The predicted octanol–water partition coefficient (Wildman–Crippen LogP) is 16.0.